The Bertz CT molecular complexity index is 433. The molecule has 0 saturated carbocycles. The monoisotopic (exact) mass is 440 g/mol. The Morgan fingerprint density at radius 3 is 2.95 bits per heavy atom. The number of hydrogen-bond acceptors (Lipinski definition) is 3. The maximum atomic E-state index is 10.9. The second-order valence-electron chi connectivity index (χ2n) is 4.97. The predicted octanol–water partition coefficient (Wildman–Crippen LogP) is 3.86. The molecule has 1 rings (SSSR count). The molecule has 1 aliphatic rings. The Balaban J connectivity index is 2.47. The van der Waals surface area contributed by atoms with Gasteiger partial charge in [0.2, 0.25) is 0 Å². The summed E-state index contributed by atoms with van der Waals surface area (Å²) < 4.78 is 5.92. The lowest BCUT2D eigenvalue weighted by atomic mass is 10.1. The lowest BCUT2D eigenvalue weighted by molar-refractivity contribution is -0.112. The summed E-state index contributed by atoms with van der Waals surface area (Å²) in [4.78, 5) is 12.5. The molecule has 1 aliphatic heterocycles. The van der Waals surface area contributed by atoms with Gasteiger partial charge in [-0.3, -0.25) is 4.79 Å². The maximum Gasteiger partial charge on any atom is 0.152 e. The van der Waals surface area contributed by atoms with Crippen molar-refractivity contribution in [3.8, 4) is 0 Å². The van der Waals surface area contributed by atoms with E-state index >= 15 is 0 Å². The third kappa shape index (κ3) is 7.27. The van der Waals surface area contributed by atoms with Crippen LogP contribution in [0.2, 0.25) is 0 Å². The van der Waals surface area contributed by atoms with Crippen LogP contribution in [-0.2, 0) is 9.53 Å². The summed E-state index contributed by atoms with van der Waals surface area (Å²) >= 11 is 13.0. The molecule has 1 saturated heterocycles. The van der Waals surface area contributed by atoms with Gasteiger partial charge in [-0.15, -0.1) is 17.3 Å². The van der Waals surface area contributed by atoms with Crippen molar-refractivity contribution >= 4 is 49.2 Å². The molecule has 0 spiro atoms. The molecule has 0 aliphatic carbocycles. The molecule has 0 bridgehead atoms. The first kappa shape index (κ1) is 19.1. The molecule has 0 radical (unpaired) electrons. The Hall–Kier alpha value is 0.1000. The minimum atomic E-state index is -0.629. The molecule has 6 heteroatoms. The Morgan fingerprint density at radius 1 is 1.62 bits per heavy atom. The molecular formula is C15H19Br2ClO3. The van der Waals surface area contributed by atoms with E-state index in [0.717, 1.165) is 6.42 Å². The number of ketones is 1. The van der Waals surface area contributed by atoms with Gasteiger partial charge in [0.25, 0.3) is 0 Å². The summed E-state index contributed by atoms with van der Waals surface area (Å²) in [7, 11) is 0. The fourth-order valence-electron chi connectivity index (χ4n) is 2.14. The van der Waals surface area contributed by atoms with Gasteiger partial charge < -0.3 is 9.84 Å². The van der Waals surface area contributed by atoms with E-state index in [1.165, 1.54) is 6.92 Å². The molecule has 0 amide bonds. The number of carbonyl (C=O) groups is 1. The maximum absolute atomic E-state index is 10.9. The zero-order valence-corrected chi connectivity index (χ0v) is 15.6. The number of ether oxygens (including phenoxy) is 1. The third-order valence-corrected chi connectivity index (χ3v) is 4.84. The van der Waals surface area contributed by atoms with Crippen LogP contribution in [0.5, 0.6) is 0 Å². The van der Waals surface area contributed by atoms with E-state index < -0.39 is 6.10 Å². The van der Waals surface area contributed by atoms with Gasteiger partial charge in [-0.25, -0.2) is 0 Å². The van der Waals surface area contributed by atoms with E-state index in [1.807, 2.05) is 6.08 Å². The van der Waals surface area contributed by atoms with Crippen molar-refractivity contribution in [2.75, 3.05) is 0 Å². The molecule has 5 unspecified atom stereocenters. The first-order valence-corrected chi connectivity index (χ1v) is 9.01. The molecule has 1 N–H and O–H groups in total. The Kier molecular flexibility index (Phi) is 9.10. The van der Waals surface area contributed by atoms with Crippen molar-refractivity contribution < 1.29 is 14.6 Å². The third-order valence-electron chi connectivity index (χ3n) is 3.15. The van der Waals surface area contributed by atoms with Gasteiger partial charge in [0.15, 0.2) is 5.78 Å². The summed E-state index contributed by atoms with van der Waals surface area (Å²) in [5.41, 5.74) is 2.78. The molecular weight excluding hydrogens is 423 g/mol. The predicted molar refractivity (Wildman–Crippen MR) is 92.3 cm³/mol. The second-order valence-corrected chi connectivity index (χ2v) is 7.17. The topological polar surface area (TPSA) is 46.5 Å². The number of carbonyl (C=O) groups excluding carboxylic acids is 1. The summed E-state index contributed by atoms with van der Waals surface area (Å²) in [6.07, 6.45) is 6.00. The summed E-state index contributed by atoms with van der Waals surface area (Å²) in [5.74, 6) is 0.0323. The smallest absolute Gasteiger partial charge is 0.152 e. The van der Waals surface area contributed by atoms with Crippen LogP contribution in [0.3, 0.4) is 0 Å². The van der Waals surface area contributed by atoms with Crippen LogP contribution < -0.4 is 0 Å². The molecule has 118 valence electrons. The lowest BCUT2D eigenvalue weighted by Gasteiger charge is -2.18. The van der Waals surface area contributed by atoms with Gasteiger partial charge in [0, 0.05) is 16.2 Å². The van der Waals surface area contributed by atoms with Crippen LogP contribution in [0.1, 0.15) is 26.2 Å². The van der Waals surface area contributed by atoms with E-state index in [9.17, 15) is 9.90 Å². The Labute approximate surface area is 147 Å². The lowest BCUT2D eigenvalue weighted by Crippen LogP contribution is -2.24. The minimum absolute atomic E-state index is 0.0167. The highest BCUT2D eigenvalue weighted by Crippen LogP contribution is 2.33. The molecule has 21 heavy (non-hydrogen) atoms. The average molecular weight is 443 g/mol. The zero-order valence-electron chi connectivity index (χ0n) is 11.7. The molecule has 3 nitrogen and oxygen atoms in total. The molecule has 1 heterocycles. The van der Waals surface area contributed by atoms with Gasteiger partial charge in [0.1, 0.15) is 0 Å². The SMILES string of the molecule is CC(=O)C=CCC(Br)C1CC(Cl)C(CC(O)C=C=CBr)O1. The second kappa shape index (κ2) is 9.98. The van der Waals surface area contributed by atoms with Crippen LogP contribution in [0.4, 0.5) is 0 Å². The van der Waals surface area contributed by atoms with Gasteiger partial charge in [-0.2, -0.15) is 0 Å². The average Bonchev–Trinajstić information content (AvgIpc) is 2.77. The van der Waals surface area contributed by atoms with Crippen molar-refractivity contribution in [1.29, 1.82) is 0 Å². The van der Waals surface area contributed by atoms with E-state index in [1.54, 1.807) is 17.1 Å². The largest absolute Gasteiger partial charge is 0.388 e. The molecule has 0 aromatic heterocycles. The van der Waals surface area contributed by atoms with Crippen molar-refractivity contribution in [2.24, 2.45) is 0 Å². The van der Waals surface area contributed by atoms with Crippen LogP contribution in [0.25, 0.3) is 0 Å². The number of aliphatic hydroxyl groups is 1. The summed E-state index contributed by atoms with van der Waals surface area (Å²) in [6.45, 7) is 1.52. The molecule has 0 aromatic carbocycles. The minimum Gasteiger partial charge on any atom is -0.388 e. The van der Waals surface area contributed by atoms with E-state index in [2.05, 4.69) is 37.6 Å². The van der Waals surface area contributed by atoms with Crippen LogP contribution >= 0.6 is 43.5 Å². The number of halogens is 3. The number of allylic oxidation sites excluding steroid dienone is 2. The van der Waals surface area contributed by atoms with Gasteiger partial charge >= 0.3 is 0 Å². The molecule has 5 atom stereocenters. The number of alkyl halides is 2. The van der Waals surface area contributed by atoms with Gasteiger partial charge in [-0.1, -0.05) is 37.9 Å². The van der Waals surface area contributed by atoms with Crippen LogP contribution in [-0.4, -0.2) is 39.4 Å². The quantitative estimate of drug-likeness (QED) is 0.370. The standard InChI is InChI=1S/C15H19Br2ClO3/c1-10(19)4-2-6-12(17)14-9-13(18)15(21-14)8-11(20)5-3-7-16/h2,4-5,7,11-15,20H,6,8-9H2,1H3. The normalized spacial score (nSPS) is 28.1. The van der Waals surface area contributed by atoms with Gasteiger partial charge in [-0.05, 0) is 31.9 Å². The van der Waals surface area contributed by atoms with Crippen LogP contribution in [0.15, 0.2) is 28.9 Å². The van der Waals surface area contributed by atoms with E-state index in [4.69, 9.17) is 16.3 Å². The number of hydrogen-bond donors (Lipinski definition) is 1. The summed E-state index contributed by atoms with van der Waals surface area (Å²) in [6, 6.07) is 0. The highest BCUT2D eigenvalue weighted by atomic mass is 79.9. The fourth-order valence-corrected chi connectivity index (χ4v) is 3.19. The number of rotatable bonds is 7. The highest BCUT2D eigenvalue weighted by Gasteiger charge is 2.37. The van der Waals surface area contributed by atoms with Crippen molar-refractivity contribution in [2.45, 2.75) is 54.7 Å². The van der Waals surface area contributed by atoms with Crippen LogP contribution in [0, 0.1) is 0 Å². The molecule has 0 aromatic rings. The fraction of sp³-hybridized carbons (Fsp3) is 0.600. The van der Waals surface area contributed by atoms with Crippen molar-refractivity contribution in [3.05, 3.63) is 28.9 Å². The molecule has 1 fully saturated rings. The van der Waals surface area contributed by atoms with Crippen molar-refractivity contribution in [3.63, 3.8) is 0 Å². The first-order valence-electron chi connectivity index (χ1n) is 6.74. The van der Waals surface area contributed by atoms with E-state index in [0.29, 0.717) is 12.8 Å². The highest BCUT2D eigenvalue weighted by molar-refractivity contribution is 9.11. The Morgan fingerprint density at radius 2 is 2.33 bits per heavy atom. The first-order chi connectivity index (χ1) is 9.93. The number of aliphatic hydroxyl groups excluding tert-OH is 1. The zero-order chi connectivity index (χ0) is 15.8. The van der Waals surface area contributed by atoms with Crippen molar-refractivity contribution in [1.82, 2.24) is 0 Å². The van der Waals surface area contributed by atoms with E-state index in [-0.39, 0.29) is 28.2 Å². The summed E-state index contributed by atoms with van der Waals surface area (Å²) in [5, 5.41) is 9.71. The van der Waals surface area contributed by atoms with Gasteiger partial charge in [0.05, 0.1) is 23.7 Å².